The van der Waals surface area contributed by atoms with Gasteiger partial charge in [-0.25, -0.2) is 4.79 Å². The van der Waals surface area contributed by atoms with Crippen molar-refractivity contribution in [2.75, 3.05) is 13.1 Å². The maximum Gasteiger partial charge on any atom is 0.416 e. The number of likely N-dealkylation sites (tertiary alicyclic amines) is 1. The smallest absolute Gasteiger partial charge is 0.416 e. The van der Waals surface area contributed by atoms with Crippen LogP contribution >= 0.6 is 0 Å². The molecule has 35 heavy (non-hydrogen) atoms. The van der Waals surface area contributed by atoms with Gasteiger partial charge in [-0.05, 0) is 70.2 Å². The van der Waals surface area contributed by atoms with Crippen molar-refractivity contribution >= 4 is 16.9 Å². The molecule has 1 N–H and O–H groups in total. The van der Waals surface area contributed by atoms with E-state index in [1.807, 2.05) is 20.8 Å². The molecule has 1 aromatic carbocycles. The molecular weight excluding hydrogens is 461 g/mol. The van der Waals surface area contributed by atoms with Crippen molar-refractivity contribution in [3.05, 3.63) is 47.9 Å². The Hall–Kier alpha value is -3.43. The normalized spacial score (nSPS) is 17.0. The largest absolute Gasteiger partial charge is 0.507 e. The lowest BCUT2D eigenvalue weighted by molar-refractivity contribution is -0.137. The number of piperidine rings is 1. The Bertz CT molecular complexity index is 1240. The van der Waals surface area contributed by atoms with Crippen LogP contribution in [0.5, 0.6) is 5.75 Å². The van der Waals surface area contributed by atoms with E-state index in [9.17, 15) is 23.1 Å². The number of phenols is 1. The zero-order valence-electron chi connectivity index (χ0n) is 19.8. The lowest BCUT2D eigenvalue weighted by Gasteiger charge is -2.34. The summed E-state index contributed by atoms with van der Waals surface area (Å²) in [5.74, 6) is -0.389. The van der Waals surface area contributed by atoms with E-state index in [0.29, 0.717) is 36.7 Å². The van der Waals surface area contributed by atoms with Crippen LogP contribution < -0.4 is 0 Å². The molecule has 1 saturated heterocycles. The molecule has 3 heterocycles. The fraction of sp³-hybridized carbons (Fsp3) is 0.440. The average molecular weight is 489 g/mol. The number of carbonyl (C=O) groups is 1. The molecular formula is C25H27F3N4O3. The van der Waals surface area contributed by atoms with Crippen molar-refractivity contribution in [1.29, 1.82) is 0 Å². The second-order valence-electron chi connectivity index (χ2n) is 9.78. The van der Waals surface area contributed by atoms with Crippen LogP contribution in [0.1, 0.15) is 44.9 Å². The van der Waals surface area contributed by atoms with Crippen molar-refractivity contribution in [1.82, 2.24) is 20.1 Å². The van der Waals surface area contributed by atoms with E-state index in [1.54, 1.807) is 23.4 Å². The number of phenolic OH excluding ortho intramolecular Hbond substituents is 1. The van der Waals surface area contributed by atoms with Crippen LogP contribution in [0.15, 0.2) is 36.7 Å². The zero-order valence-corrected chi connectivity index (χ0v) is 19.8. The summed E-state index contributed by atoms with van der Waals surface area (Å²) >= 11 is 0. The van der Waals surface area contributed by atoms with E-state index >= 15 is 0 Å². The Balaban J connectivity index is 1.61. The Morgan fingerprint density at radius 3 is 2.63 bits per heavy atom. The first-order chi connectivity index (χ1) is 16.4. The van der Waals surface area contributed by atoms with Crippen molar-refractivity contribution < 1.29 is 27.8 Å². The number of aromatic nitrogens is 3. The third kappa shape index (κ3) is 5.63. The molecule has 1 fully saturated rings. The Kier molecular flexibility index (Phi) is 6.57. The first-order valence-corrected chi connectivity index (χ1v) is 11.4. The highest BCUT2D eigenvalue weighted by Crippen LogP contribution is 2.38. The fourth-order valence-corrected chi connectivity index (χ4v) is 4.31. The maximum atomic E-state index is 13.0. The molecule has 1 aliphatic heterocycles. The molecule has 1 aliphatic rings. The number of fused-ring (bicyclic) bond motifs is 1. The predicted octanol–water partition coefficient (Wildman–Crippen LogP) is 5.61. The molecule has 10 heteroatoms. The van der Waals surface area contributed by atoms with Crippen LogP contribution in [0, 0.1) is 5.92 Å². The highest BCUT2D eigenvalue weighted by atomic mass is 19.4. The standard InChI is InChI=1S/C25H27F3N4O3/c1-24(2,3)35-23(34)32-10-4-5-15(14-32)11-20-17-8-9-29-13-19(17)22(31-30-20)18-7-6-16(12-21(18)33)25(26,27)28/h6-9,12-13,15,33H,4-5,10-11,14H2,1-3H3. The van der Waals surface area contributed by atoms with E-state index in [4.69, 9.17) is 4.74 Å². The average Bonchev–Trinajstić information content (AvgIpc) is 2.78. The summed E-state index contributed by atoms with van der Waals surface area (Å²) in [5, 5.41) is 20.3. The molecule has 1 amide bonds. The van der Waals surface area contributed by atoms with Gasteiger partial charge < -0.3 is 14.7 Å². The van der Waals surface area contributed by atoms with Gasteiger partial charge in [-0.15, -0.1) is 5.10 Å². The van der Waals surface area contributed by atoms with E-state index in [0.717, 1.165) is 24.3 Å². The minimum absolute atomic E-state index is 0.142. The number of carbonyl (C=O) groups excluding carboxylic acids is 1. The molecule has 0 bridgehead atoms. The molecule has 2 aromatic heterocycles. The Morgan fingerprint density at radius 2 is 1.94 bits per heavy atom. The van der Waals surface area contributed by atoms with Gasteiger partial charge in [-0.3, -0.25) is 4.98 Å². The van der Waals surface area contributed by atoms with Crippen LogP contribution in [-0.4, -0.2) is 50.0 Å². The van der Waals surface area contributed by atoms with Crippen LogP contribution in [0.25, 0.3) is 22.0 Å². The van der Waals surface area contributed by atoms with Gasteiger partial charge in [0.25, 0.3) is 0 Å². The maximum absolute atomic E-state index is 13.0. The molecule has 7 nitrogen and oxygen atoms in total. The molecule has 0 spiro atoms. The molecule has 1 atom stereocenters. The summed E-state index contributed by atoms with van der Waals surface area (Å²) < 4.78 is 44.5. The van der Waals surface area contributed by atoms with E-state index < -0.39 is 23.1 Å². The SMILES string of the molecule is CC(C)(C)OC(=O)N1CCCC(Cc2nnc(-c3ccc(C(F)(F)F)cc3O)c3cnccc23)C1. The topological polar surface area (TPSA) is 88.4 Å². The molecule has 1 unspecified atom stereocenters. The van der Waals surface area contributed by atoms with Crippen LogP contribution in [0.4, 0.5) is 18.0 Å². The second kappa shape index (κ2) is 9.31. The first-order valence-electron chi connectivity index (χ1n) is 11.4. The minimum Gasteiger partial charge on any atom is -0.507 e. The summed E-state index contributed by atoms with van der Waals surface area (Å²) in [6.45, 7) is 6.66. The Morgan fingerprint density at radius 1 is 1.17 bits per heavy atom. The summed E-state index contributed by atoms with van der Waals surface area (Å²) in [6, 6.07) is 4.55. The van der Waals surface area contributed by atoms with Gasteiger partial charge in [0.05, 0.1) is 11.3 Å². The number of aromatic hydroxyl groups is 1. The van der Waals surface area contributed by atoms with Gasteiger partial charge in [-0.2, -0.15) is 18.3 Å². The van der Waals surface area contributed by atoms with Crippen molar-refractivity contribution in [2.45, 2.75) is 51.8 Å². The first kappa shape index (κ1) is 24.7. The lowest BCUT2D eigenvalue weighted by Crippen LogP contribution is -2.43. The number of ether oxygens (including phenoxy) is 1. The number of alkyl halides is 3. The van der Waals surface area contributed by atoms with Gasteiger partial charge >= 0.3 is 12.3 Å². The molecule has 0 saturated carbocycles. The monoisotopic (exact) mass is 488 g/mol. The number of rotatable bonds is 3. The van der Waals surface area contributed by atoms with Gasteiger partial charge in [0, 0.05) is 41.8 Å². The summed E-state index contributed by atoms with van der Waals surface area (Å²) in [5.41, 5.74) is -0.421. The van der Waals surface area contributed by atoms with Crippen LogP contribution in [0.3, 0.4) is 0 Å². The van der Waals surface area contributed by atoms with Gasteiger partial charge in [0.15, 0.2) is 0 Å². The fourth-order valence-electron chi connectivity index (χ4n) is 4.31. The number of benzene rings is 1. The molecule has 0 aliphatic carbocycles. The van der Waals surface area contributed by atoms with E-state index in [1.165, 1.54) is 6.07 Å². The zero-order chi connectivity index (χ0) is 25.4. The molecule has 4 rings (SSSR count). The quantitative estimate of drug-likeness (QED) is 0.516. The summed E-state index contributed by atoms with van der Waals surface area (Å²) in [7, 11) is 0. The number of nitrogens with zero attached hydrogens (tertiary/aromatic N) is 4. The number of hydrogen-bond acceptors (Lipinski definition) is 6. The highest BCUT2D eigenvalue weighted by molar-refractivity contribution is 5.96. The third-order valence-electron chi connectivity index (χ3n) is 5.89. The molecule has 186 valence electrons. The molecule has 0 radical (unpaired) electrons. The highest BCUT2D eigenvalue weighted by Gasteiger charge is 2.32. The van der Waals surface area contributed by atoms with Gasteiger partial charge in [-0.1, -0.05) is 0 Å². The summed E-state index contributed by atoms with van der Waals surface area (Å²) in [6.07, 6.45) is 0.582. The number of pyridine rings is 1. The van der Waals surface area contributed by atoms with Gasteiger partial charge in [0.1, 0.15) is 17.0 Å². The van der Waals surface area contributed by atoms with Crippen molar-refractivity contribution in [3.63, 3.8) is 0 Å². The minimum atomic E-state index is -4.57. The third-order valence-corrected chi connectivity index (χ3v) is 5.89. The summed E-state index contributed by atoms with van der Waals surface area (Å²) in [4.78, 5) is 18.4. The number of hydrogen-bond donors (Lipinski definition) is 1. The van der Waals surface area contributed by atoms with Crippen molar-refractivity contribution in [2.24, 2.45) is 5.92 Å². The van der Waals surface area contributed by atoms with Crippen LogP contribution in [-0.2, 0) is 17.3 Å². The van der Waals surface area contributed by atoms with Gasteiger partial charge in [0.2, 0.25) is 0 Å². The Labute approximate surface area is 200 Å². The van der Waals surface area contributed by atoms with Crippen LogP contribution in [0.2, 0.25) is 0 Å². The lowest BCUT2D eigenvalue weighted by atomic mass is 9.91. The number of halogens is 3. The van der Waals surface area contributed by atoms with E-state index in [2.05, 4.69) is 15.2 Å². The predicted molar refractivity (Wildman–Crippen MR) is 124 cm³/mol. The van der Waals surface area contributed by atoms with Crippen molar-refractivity contribution in [3.8, 4) is 17.0 Å². The number of amides is 1. The van der Waals surface area contributed by atoms with E-state index in [-0.39, 0.29) is 23.3 Å². The second-order valence-corrected chi connectivity index (χ2v) is 9.78. The molecule has 3 aromatic rings.